The van der Waals surface area contributed by atoms with Crippen LogP contribution in [-0.2, 0) is 4.74 Å². The van der Waals surface area contributed by atoms with Gasteiger partial charge in [0.25, 0.3) is 0 Å². The van der Waals surface area contributed by atoms with Gasteiger partial charge in [0.2, 0.25) is 17.5 Å². The van der Waals surface area contributed by atoms with Gasteiger partial charge in [0, 0.05) is 11.6 Å². The number of phenolic OH excluding ortho intramolecular Hbond substituents is 2. The fraction of sp³-hybridized carbons (Fsp3) is 0.286. The SMILES string of the molecule is O=c1c(O)c(-c2ccc(O)cc2)oc2cc(OC3OC(CO)C(O)C(O)C3O)c(O)cc12. The molecule has 1 saturated heterocycles. The number of phenols is 2. The first-order chi connectivity index (χ1) is 15.2. The fourth-order valence-corrected chi connectivity index (χ4v) is 3.39. The second-order valence-electron chi connectivity index (χ2n) is 7.29. The van der Waals surface area contributed by atoms with Crippen LogP contribution in [0.5, 0.6) is 23.0 Å². The predicted octanol–water partition coefficient (Wildman–Crippen LogP) is -0.245. The number of fused-ring (bicyclic) bond motifs is 1. The van der Waals surface area contributed by atoms with Crippen molar-refractivity contribution >= 4 is 11.0 Å². The molecule has 4 rings (SSSR count). The molecule has 2 aromatic carbocycles. The Morgan fingerprint density at radius 2 is 1.62 bits per heavy atom. The molecule has 1 aliphatic heterocycles. The molecule has 0 radical (unpaired) electrons. The van der Waals surface area contributed by atoms with Gasteiger partial charge in [0.15, 0.2) is 17.3 Å². The maximum atomic E-state index is 12.6. The maximum Gasteiger partial charge on any atom is 0.235 e. The summed E-state index contributed by atoms with van der Waals surface area (Å²) in [7, 11) is 0. The molecule has 0 amide bonds. The molecule has 5 unspecified atom stereocenters. The zero-order valence-corrected chi connectivity index (χ0v) is 16.3. The van der Waals surface area contributed by atoms with E-state index in [4.69, 9.17) is 13.9 Å². The standard InChI is InChI=1S/C21H20O11/c22-7-14-16(26)17(27)19(29)21(32-14)31-13-6-12-10(5-11(13)24)15(25)18(28)20(30-12)8-1-3-9(23)4-2-8/h1-6,14,16-17,19,21-24,26-29H,7H2. The van der Waals surface area contributed by atoms with E-state index in [2.05, 4.69) is 0 Å². The van der Waals surface area contributed by atoms with E-state index in [-0.39, 0.29) is 28.2 Å². The summed E-state index contributed by atoms with van der Waals surface area (Å²) in [5.74, 6) is -1.78. The van der Waals surface area contributed by atoms with E-state index >= 15 is 0 Å². The van der Waals surface area contributed by atoms with Gasteiger partial charge < -0.3 is 49.6 Å². The summed E-state index contributed by atoms with van der Waals surface area (Å²) in [5.41, 5.74) is -0.624. The van der Waals surface area contributed by atoms with Crippen molar-refractivity contribution in [3.05, 3.63) is 46.6 Å². The molecule has 1 aliphatic rings. The van der Waals surface area contributed by atoms with Gasteiger partial charge in [-0.15, -0.1) is 0 Å². The molecule has 0 aliphatic carbocycles. The third-order valence-corrected chi connectivity index (χ3v) is 5.17. The summed E-state index contributed by atoms with van der Waals surface area (Å²) >= 11 is 0. The zero-order valence-electron chi connectivity index (χ0n) is 16.3. The van der Waals surface area contributed by atoms with Crippen LogP contribution in [0.4, 0.5) is 0 Å². The molecule has 0 spiro atoms. The van der Waals surface area contributed by atoms with E-state index in [0.29, 0.717) is 5.56 Å². The Hall–Kier alpha value is -3.35. The number of aliphatic hydroxyl groups is 4. The van der Waals surface area contributed by atoms with E-state index in [9.17, 15) is 40.5 Å². The fourth-order valence-electron chi connectivity index (χ4n) is 3.39. The molecule has 5 atom stereocenters. The molecule has 11 nitrogen and oxygen atoms in total. The van der Waals surface area contributed by atoms with E-state index in [0.717, 1.165) is 12.1 Å². The summed E-state index contributed by atoms with van der Waals surface area (Å²) in [4.78, 5) is 12.6. The van der Waals surface area contributed by atoms with Crippen LogP contribution in [0.25, 0.3) is 22.3 Å². The molecule has 1 aromatic heterocycles. The maximum absolute atomic E-state index is 12.6. The molecular weight excluding hydrogens is 428 g/mol. The molecule has 2 heterocycles. The number of rotatable bonds is 4. The Bertz CT molecular complexity index is 1190. The largest absolute Gasteiger partial charge is 0.508 e. The van der Waals surface area contributed by atoms with Crippen LogP contribution in [0.15, 0.2) is 45.6 Å². The van der Waals surface area contributed by atoms with Crippen molar-refractivity contribution in [3.8, 4) is 34.3 Å². The number of aliphatic hydroxyl groups excluding tert-OH is 4. The highest BCUT2D eigenvalue weighted by molar-refractivity contribution is 5.84. The molecule has 11 heteroatoms. The van der Waals surface area contributed by atoms with Crippen LogP contribution in [0.3, 0.4) is 0 Å². The molecule has 32 heavy (non-hydrogen) atoms. The molecule has 1 fully saturated rings. The minimum absolute atomic E-state index is 0.0310. The summed E-state index contributed by atoms with van der Waals surface area (Å²) in [6.45, 7) is -0.668. The summed E-state index contributed by atoms with van der Waals surface area (Å²) < 4.78 is 16.3. The molecule has 3 aromatic rings. The molecule has 0 saturated carbocycles. The van der Waals surface area contributed by atoms with E-state index in [1.165, 1.54) is 24.3 Å². The van der Waals surface area contributed by atoms with Gasteiger partial charge in [-0.05, 0) is 30.3 Å². The monoisotopic (exact) mass is 448 g/mol. The second-order valence-corrected chi connectivity index (χ2v) is 7.29. The van der Waals surface area contributed by atoms with Gasteiger partial charge in [-0.1, -0.05) is 0 Å². The lowest BCUT2D eigenvalue weighted by Crippen LogP contribution is -2.60. The predicted molar refractivity (Wildman–Crippen MR) is 107 cm³/mol. The summed E-state index contributed by atoms with van der Waals surface area (Å²) in [6, 6.07) is 7.63. The Labute approximate surface area is 179 Å². The average molecular weight is 448 g/mol. The van der Waals surface area contributed by atoms with Gasteiger partial charge in [-0.3, -0.25) is 4.79 Å². The van der Waals surface area contributed by atoms with E-state index < -0.39 is 54.2 Å². The Morgan fingerprint density at radius 1 is 0.938 bits per heavy atom. The number of ether oxygens (including phenoxy) is 2. The first kappa shape index (κ1) is 21.9. The molecule has 7 N–H and O–H groups in total. The number of hydrogen-bond donors (Lipinski definition) is 7. The van der Waals surface area contributed by atoms with Gasteiger partial charge in [-0.25, -0.2) is 0 Å². The van der Waals surface area contributed by atoms with Gasteiger partial charge in [0.1, 0.15) is 35.7 Å². The minimum atomic E-state index is -1.72. The van der Waals surface area contributed by atoms with Crippen molar-refractivity contribution in [2.75, 3.05) is 6.61 Å². The highest BCUT2D eigenvalue weighted by Gasteiger charge is 2.45. The average Bonchev–Trinajstić information content (AvgIpc) is 2.78. The first-order valence-electron chi connectivity index (χ1n) is 9.50. The van der Waals surface area contributed by atoms with E-state index in [1.54, 1.807) is 0 Å². The van der Waals surface area contributed by atoms with Crippen LogP contribution < -0.4 is 10.2 Å². The number of aromatic hydroxyl groups is 3. The van der Waals surface area contributed by atoms with Gasteiger partial charge in [0.05, 0.1) is 12.0 Å². The van der Waals surface area contributed by atoms with Crippen LogP contribution >= 0.6 is 0 Å². The number of benzene rings is 2. The Balaban J connectivity index is 1.75. The third kappa shape index (κ3) is 3.72. The highest BCUT2D eigenvalue weighted by atomic mass is 16.7. The minimum Gasteiger partial charge on any atom is -0.508 e. The van der Waals surface area contributed by atoms with Crippen molar-refractivity contribution in [3.63, 3.8) is 0 Å². The topological polar surface area (TPSA) is 190 Å². The molecule has 170 valence electrons. The van der Waals surface area contributed by atoms with E-state index in [1.807, 2.05) is 0 Å². The first-order valence-corrected chi connectivity index (χ1v) is 9.50. The smallest absolute Gasteiger partial charge is 0.235 e. The quantitative estimate of drug-likeness (QED) is 0.279. The lowest BCUT2D eigenvalue weighted by atomic mass is 9.99. The van der Waals surface area contributed by atoms with Crippen LogP contribution in [0.1, 0.15) is 0 Å². The van der Waals surface area contributed by atoms with Crippen LogP contribution in [-0.4, -0.2) is 73.1 Å². The van der Waals surface area contributed by atoms with Crippen LogP contribution in [0, 0.1) is 0 Å². The van der Waals surface area contributed by atoms with Gasteiger partial charge >= 0.3 is 0 Å². The number of hydrogen-bond acceptors (Lipinski definition) is 11. The summed E-state index contributed by atoms with van der Waals surface area (Å²) in [5, 5.41) is 69.0. The van der Waals surface area contributed by atoms with Crippen molar-refractivity contribution in [2.24, 2.45) is 0 Å². The van der Waals surface area contributed by atoms with Crippen molar-refractivity contribution in [1.82, 2.24) is 0 Å². The normalized spacial score (nSPS) is 25.7. The van der Waals surface area contributed by atoms with Crippen molar-refractivity contribution in [2.45, 2.75) is 30.7 Å². The third-order valence-electron chi connectivity index (χ3n) is 5.17. The molecule has 0 bridgehead atoms. The lowest BCUT2D eigenvalue weighted by Gasteiger charge is -2.39. The van der Waals surface area contributed by atoms with Crippen molar-refractivity contribution in [1.29, 1.82) is 0 Å². The lowest BCUT2D eigenvalue weighted by molar-refractivity contribution is -0.277. The highest BCUT2D eigenvalue weighted by Crippen LogP contribution is 2.37. The van der Waals surface area contributed by atoms with Crippen LogP contribution in [0.2, 0.25) is 0 Å². The Kier molecular flexibility index (Phi) is 5.67. The molecular formula is C21H20O11. The Morgan fingerprint density at radius 3 is 2.28 bits per heavy atom. The van der Waals surface area contributed by atoms with Gasteiger partial charge in [-0.2, -0.15) is 0 Å². The second kappa shape index (κ2) is 8.30. The van der Waals surface area contributed by atoms with Crippen molar-refractivity contribution < 1.29 is 49.6 Å². The summed E-state index contributed by atoms with van der Waals surface area (Å²) in [6.07, 6.45) is -7.80. The zero-order chi connectivity index (χ0) is 23.2.